The van der Waals surface area contributed by atoms with Gasteiger partial charge in [-0.1, -0.05) is 0 Å². The topological polar surface area (TPSA) is 96.8 Å². The van der Waals surface area contributed by atoms with Gasteiger partial charge >= 0.3 is 5.51 Å². The van der Waals surface area contributed by atoms with E-state index in [-0.39, 0.29) is 34.1 Å². The number of rotatable bonds is 5. The van der Waals surface area contributed by atoms with E-state index in [9.17, 15) is 18.0 Å². The van der Waals surface area contributed by atoms with Crippen LogP contribution in [0.1, 0.15) is 16.4 Å². The molecule has 1 atom stereocenters. The highest BCUT2D eigenvalue weighted by molar-refractivity contribution is 8.00. The molecule has 4 N–H and O–H groups in total. The van der Waals surface area contributed by atoms with E-state index in [1.54, 1.807) is 11.8 Å². The first-order valence-corrected chi connectivity index (χ1v) is 9.37. The first kappa shape index (κ1) is 18.6. The van der Waals surface area contributed by atoms with E-state index in [0.717, 1.165) is 0 Å². The normalized spacial score (nSPS) is 17.5. The van der Waals surface area contributed by atoms with Crippen LogP contribution in [0, 0.1) is 5.41 Å². The molecule has 0 bridgehead atoms. The largest absolute Gasteiger partial charge is 0.446 e. The number of carbonyl (C=O) groups is 1. The molecule has 6 nitrogen and oxygen atoms in total. The zero-order chi connectivity index (χ0) is 18.9. The van der Waals surface area contributed by atoms with E-state index in [2.05, 4.69) is 10.4 Å². The van der Waals surface area contributed by atoms with Crippen molar-refractivity contribution in [2.45, 2.75) is 16.4 Å². The van der Waals surface area contributed by atoms with Gasteiger partial charge in [0.25, 0.3) is 5.91 Å². The van der Waals surface area contributed by atoms with Gasteiger partial charge in [-0.3, -0.25) is 9.48 Å². The molecular formula is C15H14F3N5OS2. The Labute approximate surface area is 155 Å². The van der Waals surface area contributed by atoms with E-state index in [4.69, 9.17) is 11.1 Å². The van der Waals surface area contributed by atoms with Gasteiger partial charge in [0.1, 0.15) is 5.56 Å². The van der Waals surface area contributed by atoms with Gasteiger partial charge in [-0.25, -0.2) is 0 Å². The lowest BCUT2D eigenvalue weighted by atomic mass is 10.2. The molecule has 138 valence electrons. The Morgan fingerprint density at radius 1 is 1.38 bits per heavy atom. The minimum Gasteiger partial charge on any atom is -0.365 e. The average Bonchev–Trinajstić information content (AvgIpc) is 3.14. The van der Waals surface area contributed by atoms with Crippen molar-refractivity contribution in [1.29, 1.82) is 5.41 Å². The molecule has 1 saturated heterocycles. The third kappa shape index (κ3) is 4.33. The third-order valence-corrected chi connectivity index (χ3v) is 5.41. The molecular weight excluding hydrogens is 387 g/mol. The molecule has 26 heavy (non-hydrogen) atoms. The molecule has 3 rings (SSSR count). The lowest BCUT2D eigenvalue weighted by molar-refractivity contribution is -0.0328. The molecule has 1 aromatic heterocycles. The van der Waals surface area contributed by atoms with Crippen LogP contribution in [0.25, 0.3) is 0 Å². The van der Waals surface area contributed by atoms with Crippen LogP contribution in [-0.2, 0) is 0 Å². The summed E-state index contributed by atoms with van der Waals surface area (Å²) < 4.78 is 38.7. The Bertz CT molecular complexity index is 835. The van der Waals surface area contributed by atoms with Crippen LogP contribution in [-0.4, -0.2) is 38.4 Å². The number of hydrogen-bond acceptors (Lipinski definition) is 6. The number of amides is 1. The van der Waals surface area contributed by atoms with E-state index >= 15 is 0 Å². The van der Waals surface area contributed by atoms with Crippen LogP contribution in [0.15, 0.2) is 35.4 Å². The first-order chi connectivity index (χ1) is 12.2. The molecule has 1 fully saturated rings. The van der Waals surface area contributed by atoms with Gasteiger partial charge in [0.05, 0.1) is 6.04 Å². The predicted molar refractivity (Wildman–Crippen MR) is 96.5 cm³/mol. The second kappa shape index (κ2) is 7.23. The number of carbonyl (C=O) groups excluding carboxylic acids is 1. The lowest BCUT2D eigenvalue weighted by Gasteiger charge is -2.09. The fourth-order valence-electron chi connectivity index (χ4n) is 2.41. The van der Waals surface area contributed by atoms with E-state index in [1.807, 2.05) is 0 Å². The van der Waals surface area contributed by atoms with Crippen molar-refractivity contribution in [3.63, 3.8) is 0 Å². The van der Waals surface area contributed by atoms with Gasteiger partial charge in [0.15, 0.2) is 5.82 Å². The molecule has 2 heterocycles. The molecule has 1 aromatic carbocycles. The van der Waals surface area contributed by atoms with Crippen LogP contribution >= 0.6 is 23.5 Å². The monoisotopic (exact) mass is 401 g/mol. The summed E-state index contributed by atoms with van der Waals surface area (Å²) in [7, 11) is 0. The van der Waals surface area contributed by atoms with Crippen molar-refractivity contribution in [3.8, 4) is 0 Å². The van der Waals surface area contributed by atoms with Crippen LogP contribution in [0.5, 0.6) is 0 Å². The number of primary amides is 1. The highest BCUT2D eigenvalue weighted by Crippen LogP contribution is 2.37. The van der Waals surface area contributed by atoms with Crippen molar-refractivity contribution in [2.75, 3.05) is 16.8 Å². The molecule has 1 aliphatic heterocycles. The van der Waals surface area contributed by atoms with Gasteiger partial charge in [-0.15, -0.1) is 0 Å². The summed E-state index contributed by atoms with van der Waals surface area (Å²) in [6.07, 6.45) is 1.49. The van der Waals surface area contributed by atoms with Crippen molar-refractivity contribution in [1.82, 2.24) is 9.78 Å². The number of alkyl halides is 3. The van der Waals surface area contributed by atoms with Crippen molar-refractivity contribution < 1.29 is 18.0 Å². The van der Waals surface area contributed by atoms with Crippen molar-refractivity contribution >= 4 is 46.6 Å². The molecule has 0 saturated carbocycles. The van der Waals surface area contributed by atoms with E-state index in [1.165, 1.54) is 35.1 Å². The Morgan fingerprint density at radius 3 is 2.62 bits per heavy atom. The predicted octanol–water partition coefficient (Wildman–Crippen LogP) is 3.65. The minimum absolute atomic E-state index is 0.0557. The molecule has 0 aliphatic carbocycles. The highest BCUT2D eigenvalue weighted by Gasteiger charge is 2.29. The van der Waals surface area contributed by atoms with Gasteiger partial charge in [0.2, 0.25) is 0 Å². The molecule has 0 spiro atoms. The SMILES string of the molecule is N=C1CSC[C@H]1n1cc(C(N)=O)c(Nc2ccc(SC(F)(F)F)cc2)n1. The van der Waals surface area contributed by atoms with Gasteiger partial charge in [-0.05, 0) is 36.0 Å². The van der Waals surface area contributed by atoms with E-state index < -0.39 is 11.4 Å². The van der Waals surface area contributed by atoms with Gasteiger partial charge in [0, 0.05) is 34.0 Å². The van der Waals surface area contributed by atoms with Crippen molar-refractivity contribution in [3.05, 3.63) is 36.0 Å². The zero-order valence-electron chi connectivity index (χ0n) is 13.2. The molecule has 11 heteroatoms. The number of benzene rings is 1. The Balaban J connectivity index is 1.81. The number of anilines is 2. The summed E-state index contributed by atoms with van der Waals surface area (Å²) in [5, 5.41) is 15.1. The standard InChI is InChI=1S/C15H14F3N5OS2/c16-15(17,18)26-9-3-1-8(2-4-9)21-14-10(13(20)24)5-23(22-14)12-7-25-6-11(12)19/h1-5,12,19H,6-7H2,(H2,20,24)(H,21,22)/t12-/m1/s1. The summed E-state index contributed by atoms with van der Waals surface area (Å²) in [6.45, 7) is 0. The van der Waals surface area contributed by atoms with Crippen LogP contribution < -0.4 is 11.1 Å². The molecule has 0 radical (unpaired) electrons. The highest BCUT2D eigenvalue weighted by atomic mass is 32.2. The maximum Gasteiger partial charge on any atom is 0.446 e. The molecule has 1 aliphatic rings. The molecule has 2 aromatic rings. The Kier molecular flexibility index (Phi) is 5.19. The third-order valence-electron chi connectivity index (χ3n) is 3.60. The smallest absolute Gasteiger partial charge is 0.365 e. The Hall–Kier alpha value is -2.14. The van der Waals surface area contributed by atoms with Gasteiger partial charge in [-0.2, -0.15) is 30.0 Å². The number of thioether (sulfide) groups is 2. The summed E-state index contributed by atoms with van der Waals surface area (Å²) in [5.74, 6) is 0.817. The van der Waals surface area contributed by atoms with Crippen LogP contribution in [0.2, 0.25) is 0 Å². The number of nitrogens with one attached hydrogen (secondary N) is 2. The number of nitrogens with zero attached hydrogens (tertiary/aromatic N) is 2. The van der Waals surface area contributed by atoms with Crippen LogP contribution in [0.4, 0.5) is 24.7 Å². The van der Waals surface area contributed by atoms with Crippen molar-refractivity contribution in [2.24, 2.45) is 5.73 Å². The summed E-state index contributed by atoms with van der Waals surface area (Å²) in [6, 6.07) is 5.34. The number of nitrogens with two attached hydrogens (primary N) is 1. The number of aromatic nitrogens is 2. The number of halogens is 3. The second-order valence-electron chi connectivity index (χ2n) is 5.49. The summed E-state index contributed by atoms with van der Waals surface area (Å²) in [4.78, 5) is 11.7. The summed E-state index contributed by atoms with van der Waals surface area (Å²) in [5.41, 5.74) is 2.17. The van der Waals surface area contributed by atoms with Gasteiger partial charge < -0.3 is 16.5 Å². The maximum atomic E-state index is 12.4. The van der Waals surface area contributed by atoms with E-state index in [0.29, 0.717) is 22.9 Å². The Morgan fingerprint density at radius 2 is 2.08 bits per heavy atom. The maximum absolute atomic E-state index is 12.4. The quantitative estimate of drug-likeness (QED) is 0.665. The summed E-state index contributed by atoms with van der Waals surface area (Å²) >= 11 is 1.40. The number of hydrogen-bond donors (Lipinski definition) is 3. The lowest BCUT2D eigenvalue weighted by Crippen LogP contribution is -2.17. The van der Waals surface area contributed by atoms with Crippen LogP contribution in [0.3, 0.4) is 0 Å². The molecule has 1 amide bonds. The zero-order valence-corrected chi connectivity index (χ0v) is 14.8. The minimum atomic E-state index is -4.35. The fourth-order valence-corrected chi connectivity index (χ4v) is 4.06. The fraction of sp³-hybridized carbons (Fsp3) is 0.267. The second-order valence-corrected chi connectivity index (χ2v) is 7.66. The molecule has 0 unspecified atom stereocenters. The first-order valence-electron chi connectivity index (χ1n) is 7.40. The average molecular weight is 401 g/mol.